The zero-order valence-corrected chi connectivity index (χ0v) is 12.8. The first-order valence-electron chi connectivity index (χ1n) is 6.48. The summed E-state index contributed by atoms with van der Waals surface area (Å²) < 4.78 is 0.733. The minimum Gasteiger partial charge on any atom is -0.332 e. The highest BCUT2D eigenvalue weighted by atomic mass is 35.5. The quantitative estimate of drug-likeness (QED) is 0.748. The Morgan fingerprint density at radius 1 is 1.63 bits per heavy atom. The van der Waals surface area contributed by atoms with Crippen LogP contribution in [0.15, 0.2) is 24.8 Å². The van der Waals surface area contributed by atoms with E-state index in [0.717, 1.165) is 28.5 Å². The summed E-state index contributed by atoms with van der Waals surface area (Å²) in [4.78, 5) is 15.1. The molecule has 1 aromatic rings. The molecule has 19 heavy (non-hydrogen) atoms. The number of carbonyl (C=O) groups is 1. The van der Waals surface area contributed by atoms with E-state index in [1.165, 1.54) is 11.3 Å². The van der Waals surface area contributed by atoms with Gasteiger partial charge < -0.3 is 10.6 Å². The molecule has 3 nitrogen and oxygen atoms in total. The van der Waals surface area contributed by atoms with Crippen LogP contribution >= 0.6 is 22.9 Å². The van der Waals surface area contributed by atoms with Gasteiger partial charge in [-0.3, -0.25) is 4.79 Å². The summed E-state index contributed by atoms with van der Waals surface area (Å²) in [6.45, 7) is 6.84. The summed E-state index contributed by atoms with van der Waals surface area (Å²) in [5, 5.41) is 0. The highest BCUT2D eigenvalue weighted by Crippen LogP contribution is 2.23. The predicted molar refractivity (Wildman–Crippen MR) is 82.4 cm³/mol. The summed E-state index contributed by atoms with van der Waals surface area (Å²) in [7, 11) is 0. The van der Waals surface area contributed by atoms with Gasteiger partial charge >= 0.3 is 0 Å². The van der Waals surface area contributed by atoms with Crippen LogP contribution in [0.3, 0.4) is 0 Å². The van der Waals surface area contributed by atoms with Crippen molar-refractivity contribution in [3.8, 4) is 0 Å². The Kier molecular flexibility index (Phi) is 7.13. The Bertz CT molecular complexity index is 419. The van der Waals surface area contributed by atoms with Gasteiger partial charge in [-0.15, -0.1) is 17.9 Å². The lowest BCUT2D eigenvalue weighted by atomic mass is 10.1. The fraction of sp³-hybridized carbons (Fsp3) is 0.500. The molecule has 2 N–H and O–H groups in total. The third-order valence-corrected chi connectivity index (χ3v) is 4.04. The van der Waals surface area contributed by atoms with E-state index >= 15 is 0 Å². The van der Waals surface area contributed by atoms with Crippen LogP contribution < -0.4 is 5.73 Å². The molecule has 0 aliphatic rings. The van der Waals surface area contributed by atoms with E-state index in [2.05, 4.69) is 13.5 Å². The summed E-state index contributed by atoms with van der Waals surface area (Å²) in [5.41, 5.74) is 5.95. The molecule has 0 saturated heterocycles. The van der Waals surface area contributed by atoms with Crippen LogP contribution in [-0.4, -0.2) is 23.4 Å². The molecule has 0 aromatic carbocycles. The molecule has 1 heterocycles. The number of amides is 1. The second-order valence-corrected chi connectivity index (χ2v) is 6.26. The average molecular weight is 301 g/mol. The highest BCUT2D eigenvalue weighted by molar-refractivity contribution is 7.16. The number of halogens is 1. The molecule has 1 atom stereocenters. The second-order valence-electron chi connectivity index (χ2n) is 4.46. The van der Waals surface area contributed by atoms with E-state index in [1.807, 2.05) is 12.1 Å². The third kappa shape index (κ3) is 5.35. The number of nitrogens with zero attached hydrogens (tertiary/aromatic N) is 1. The van der Waals surface area contributed by atoms with Gasteiger partial charge in [0.1, 0.15) is 0 Å². The minimum atomic E-state index is -0.421. The molecule has 0 spiro atoms. The van der Waals surface area contributed by atoms with Crippen molar-refractivity contribution in [2.45, 2.75) is 38.8 Å². The fourth-order valence-corrected chi connectivity index (χ4v) is 2.90. The van der Waals surface area contributed by atoms with Crippen molar-refractivity contribution in [3.05, 3.63) is 34.0 Å². The topological polar surface area (TPSA) is 46.3 Å². The molecule has 0 aliphatic heterocycles. The number of nitrogens with two attached hydrogens (primary N) is 1. The summed E-state index contributed by atoms with van der Waals surface area (Å²) in [6.07, 6.45) is 4.47. The van der Waals surface area contributed by atoms with Gasteiger partial charge in [0, 0.05) is 11.4 Å². The highest BCUT2D eigenvalue weighted by Gasteiger charge is 2.20. The third-order valence-electron chi connectivity index (χ3n) is 2.82. The van der Waals surface area contributed by atoms with Gasteiger partial charge in [0.15, 0.2) is 0 Å². The fourth-order valence-electron chi connectivity index (χ4n) is 1.80. The van der Waals surface area contributed by atoms with Gasteiger partial charge in [0.25, 0.3) is 0 Å². The van der Waals surface area contributed by atoms with Crippen molar-refractivity contribution in [3.63, 3.8) is 0 Å². The van der Waals surface area contributed by atoms with Gasteiger partial charge in [-0.05, 0) is 18.6 Å². The first kappa shape index (κ1) is 16.2. The number of hydrogen-bond donors (Lipinski definition) is 1. The number of rotatable bonds is 8. The summed E-state index contributed by atoms with van der Waals surface area (Å²) in [5.74, 6) is -0.0159. The molecule has 0 saturated carbocycles. The number of hydrogen-bond acceptors (Lipinski definition) is 3. The second kappa shape index (κ2) is 8.35. The lowest BCUT2D eigenvalue weighted by Gasteiger charge is -2.24. The maximum absolute atomic E-state index is 12.3. The molecule has 1 aromatic heterocycles. The lowest BCUT2D eigenvalue weighted by molar-refractivity contribution is -0.132. The molecule has 0 bridgehead atoms. The van der Waals surface area contributed by atoms with Crippen LogP contribution in [-0.2, 0) is 11.3 Å². The molecule has 0 fully saturated rings. The van der Waals surface area contributed by atoms with E-state index in [4.69, 9.17) is 17.3 Å². The largest absolute Gasteiger partial charge is 0.332 e. The maximum atomic E-state index is 12.3. The summed E-state index contributed by atoms with van der Waals surface area (Å²) >= 11 is 7.39. The van der Waals surface area contributed by atoms with E-state index in [9.17, 15) is 4.79 Å². The number of unbranched alkanes of at least 4 members (excludes halogenated alkanes) is 1. The molecule has 0 aliphatic carbocycles. The van der Waals surface area contributed by atoms with Gasteiger partial charge in [-0.25, -0.2) is 0 Å². The average Bonchev–Trinajstić information content (AvgIpc) is 2.80. The zero-order valence-electron chi connectivity index (χ0n) is 11.3. The van der Waals surface area contributed by atoms with Crippen molar-refractivity contribution in [2.75, 3.05) is 6.54 Å². The molecule has 1 rings (SSSR count). The summed E-state index contributed by atoms with van der Waals surface area (Å²) in [6, 6.07) is 3.36. The van der Waals surface area contributed by atoms with E-state index in [1.54, 1.807) is 11.0 Å². The minimum absolute atomic E-state index is 0.0159. The van der Waals surface area contributed by atoms with Crippen LogP contribution in [0.1, 0.15) is 31.1 Å². The van der Waals surface area contributed by atoms with E-state index in [0.29, 0.717) is 13.1 Å². The SMILES string of the molecule is C=CCN(Cc1ccc(Cl)s1)C(=O)C(N)CCCC. The van der Waals surface area contributed by atoms with Crippen LogP contribution in [0.4, 0.5) is 0 Å². The predicted octanol–water partition coefficient (Wildman–Crippen LogP) is 3.43. The first-order valence-corrected chi connectivity index (χ1v) is 7.67. The Balaban J connectivity index is 2.65. The molecule has 1 amide bonds. The van der Waals surface area contributed by atoms with Crippen molar-refractivity contribution in [1.82, 2.24) is 4.90 Å². The normalized spacial score (nSPS) is 12.2. The molecular formula is C14H21ClN2OS. The van der Waals surface area contributed by atoms with Crippen LogP contribution in [0.25, 0.3) is 0 Å². The maximum Gasteiger partial charge on any atom is 0.240 e. The zero-order chi connectivity index (χ0) is 14.3. The smallest absolute Gasteiger partial charge is 0.240 e. The van der Waals surface area contributed by atoms with Crippen molar-refractivity contribution >= 4 is 28.8 Å². The Labute approximate surface area is 124 Å². The molecular weight excluding hydrogens is 280 g/mol. The van der Waals surface area contributed by atoms with E-state index in [-0.39, 0.29) is 5.91 Å². The molecule has 5 heteroatoms. The van der Waals surface area contributed by atoms with Gasteiger partial charge in [0.05, 0.1) is 16.9 Å². The van der Waals surface area contributed by atoms with Crippen molar-refractivity contribution in [1.29, 1.82) is 0 Å². The van der Waals surface area contributed by atoms with Crippen LogP contribution in [0, 0.1) is 0 Å². The van der Waals surface area contributed by atoms with Crippen LogP contribution in [0.2, 0.25) is 4.34 Å². The Hall–Kier alpha value is -0.840. The number of thiophene rings is 1. The monoisotopic (exact) mass is 300 g/mol. The molecule has 0 radical (unpaired) electrons. The Morgan fingerprint density at radius 2 is 2.37 bits per heavy atom. The van der Waals surface area contributed by atoms with E-state index < -0.39 is 6.04 Å². The van der Waals surface area contributed by atoms with Crippen molar-refractivity contribution < 1.29 is 4.79 Å². The van der Waals surface area contributed by atoms with Gasteiger partial charge in [-0.1, -0.05) is 37.4 Å². The Morgan fingerprint density at radius 3 is 2.89 bits per heavy atom. The van der Waals surface area contributed by atoms with Crippen molar-refractivity contribution in [2.24, 2.45) is 5.73 Å². The van der Waals surface area contributed by atoms with Gasteiger partial charge in [-0.2, -0.15) is 0 Å². The first-order chi connectivity index (χ1) is 9.08. The van der Waals surface area contributed by atoms with Crippen LogP contribution in [0.5, 0.6) is 0 Å². The standard InChI is InChI=1S/C14H21ClN2OS/c1-3-5-6-12(16)14(18)17(9-4-2)10-11-7-8-13(15)19-11/h4,7-8,12H,2-3,5-6,9-10,16H2,1H3. The lowest BCUT2D eigenvalue weighted by Crippen LogP contribution is -2.43. The van der Waals surface area contributed by atoms with Gasteiger partial charge in [0.2, 0.25) is 5.91 Å². The molecule has 1 unspecified atom stereocenters. The number of carbonyl (C=O) groups excluding carboxylic acids is 1. The molecule has 106 valence electrons.